The highest BCUT2D eigenvalue weighted by molar-refractivity contribution is 7.99. The number of hydrogen-bond donors (Lipinski definition) is 1. The zero-order valence-corrected chi connectivity index (χ0v) is 9.30. The molecule has 0 spiro atoms. The van der Waals surface area contributed by atoms with E-state index in [-0.39, 0.29) is 10.8 Å². The molecule has 0 saturated heterocycles. The predicted molar refractivity (Wildman–Crippen MR) is 54.6 cm³/mol. The molecule has 0 atom stereocenters. The van der Waals surface area contributed by atoms with Crippen LogP contribution < -0.4 is 0 Å². The molecule has 0 aliphatic rings. The van der Waals surface area contributed by atoms with Crippen LogP contribution in [0.3, 0.4) is 0 Å². The molecule has 0 aliphatic carbocycles. The van der Waals surface area contributed by atoms with E-state index in [0.717, 1.165) is 0 Å². The summed E-state index contributed by atoms with van der Waals surface area (Å²) in [6.07, 6.45) is -4.22. The number of benzene rings is 1. The van der Waals surface area contributed by atoms with Gasteiger partial charge < -0.3 is 5.11 Å². The Morgan fingerprint density at radius 2 is 2.00 bits per heavy atom. The Morgan fingerprint density at radius 1 is 1.40 bits per heavy atom. The van der Waals surface area contributed by atoms with Crippen molar-refractivity contribution in [2.45, 2.75) is 18.0 Å². The van der Waals surface area contributed by atoms with Gasteiger partial charge in [0.15, 0.2) is 0 Å². The summed E-state index contributed by atoms with van der Waals surface area (Å²) in [4.78, 5) is 0.384. The van der Waals surface area contributed by atoms with Crippen molar-refractivity contribution in [2.24, 2.45) is 0 Å². The van der Waals surface area contributed by atoms with Gasteiger partial charge >= 0.3 is 6.18 Å². The minimum absolute atomic E-state index is 0.142. The van der Waals surface area contributed by atoms with Crippen LogP contribution >= 0.6 is 23.4 Å². The average Bonchev–Trinajstić information content (AvgIpc) is 2.07. The molecule has 84 valence electrons. The quantitative estimate of drug-likeness (QED) is 0.807. The van der Waals surface area contributed by atoms with E-state index in [2.05, 4.69) is 0 Å². The van der Waals surface area contributed by atoms with Crippen molar-refractivity contribution < 1.29 is 18.3 Å². The molecule has 0 fully saturated rings. The molecule has 6 heteroatoms. The van der Waals surface area contributed by atoms with Crippen molar-refractivity contribution in [1.82, 2.24) is 0 Å². The second-order valence-electron chi connectivity index (χ2n) is 2.97. The van der Waals surface area contributed by atoms with Gasteiger partial charge in [-0.15, -0.1) is 11.8 Å². The van der Waals surface area contributed by atoms with Crippen LogP contribution in [-0.4, -0.2) is 17.0 Å². The lowest BCUT2D eigenvalue weighted by molar-refractivity contribution is -0.105. The minimum Gasteiger partial charge on any atom is -0.506 e. The van der Waals surface area contributed by atoms with E-state index in [0.29, 0.717) is 22.2 Å². The fourth-order valence-corrected chi connectivity index (χ4v) is 1.98. The summed E-state index contributed by atoms with van der Waals surface area (Å²) in [5, 5.41) is 9.37. The fraction of sp³-hybridized carbons (Fsp3) is 0.333. The van der Waals surface area contributed by atoms with Gasteiger partial charge in [0, 0.05) is 4.90 Å². The van der Waals surface area contributed by atoms with Crippen molar-refractivity contribution in [1.29, 1.82) is 0 Å². The molecule has 1 aromatic rings. The van der Waals surface area contributed by atoms with Gasteiger partial charge in [-0.3, -0.25) is 0 Å². The number of thioether (sulfide) groups is 1. The Kier molecular flexibility index (Phi) is 3.78. The summed E-state index contributed by atoms with van der Waals surface area (Å²) < 4.78 is 35.8. The van der Waals surface area contributed by atoms with Gasteiger partial charge in [-0.1, -0.05) is 11.6 Å². The molecule has 0 bridgehead atoms. The maximum absolute atomic E-state index is 11.9. The second-order valence-corrected chi connectivity index (χ2v) is 4.40. The SMILES string of the molecule is Cc1cc(Cl)c(O)cc1SCC(F)(F)F. The average molecular weight is 257 g/mol. The largest absolute Gasteiger partial charge is 0.506 e. The smallest absolute Gasteiger partial charge is 0.398 e. The normalized spacial score (nSPS) is 11.8. The molecule has 0 unspecified atom stereocenters. The van der Waals surface area contributed by atoms with Crippen LogP contribution in [0, 0.1) is 6.92 Å². The van der Waals surface area contributed by atoms with Gasteiger partial charge in [0.2, 0.25) is 0 Å². The molecule has 0 aromatic heterocycles. The summed E-state index contributed by atoms with van der Waals surface area (Å²) in [5.41, 5.74) is 0.618. The fourth-order valence-electron chi connectivity index (χ4n) is 0.957. The van der Waals surface area contributed by atoms with Crippen LogP contribution in [0.15, 0.2) is 17.0 Å². The highest BCUT2D eigenvalue weighted by Crippen LogP contribution is 2.34. The number of phenolic OH excluding ortho intramolecular Hbond substituents is 1. The number of alkyl halides is 3. The molecule has 1 nitrogen and oxygen atoms in total. The van der Waals surface area contributed by atoms with Crippen molar-refractivity contribution in [3.8, 4) is 5.75 Å². The predicted octanol–water partition coefficient (Wildman–Crippen LogP) is 4.01. The molecule has 1 rings (SSSR count). The first kappa shape index (κ1) is 12.5. The standard InChI is InChI=1S/C9H8ClF3OS/c1-5-2-6(10)7(14)3-8(5)15-4-9(11,12)13/h2-3,14H,4H2,1H3. The van der Waals surface area contributed by atoms with E-state index < -0.39 is 11.9 Å². The van der Waals surface area contributed by atoms with Crippen LogP contribution in [0.2, 0.25) is 5.02 Å². The molecule has 0 amide bonds. The number of hydrogen-bond acceptors (Lipinski definition) is 2. The van der Waals surface area contributed by atoms with Crippen molar-refractivity contribution >= 4 is 23.4 Å². The first-order chi connectivity index (χ1) is 6.79. The van der Waals surface area contributed by atoms with Gasteiger partial charge in [-0.25, -0.2) is 0 Å². The Bertz CT molecular complexity index is 365. The number of aryl methyl sites for hydroxylation is 1. The van der Waals surface area contributed by atoms with Gasteiger partial charge in [-0.05, 0) is 24.6 Å². The van der Waals surface area contributed by atoms with Crippen molar-refractivity contribution in [3.63, 3.8) is 0 Å². The molecule has 0 aliphatic heterocycles. The topological polar surface area (TPSA) is 20.2 Å². The van der Waals surface area contributed by atoms with E-state index in [1.807, 2.05) is 0 Å². The van der Waals surface area contributed by atoms with Crippen LogP contribution in [0.5, 0.6) is 5.75 Å². The minimum atomic E-state index is -4.22. The van der Waals surface area contributed by atoms with Gasteiger partial charge in [-0.2, -0.15) is 13.2 Å². The highest BCUT2D eigenvalue weighted by Gasteiger charge is 2.27. The van der Waals surface area contributed by atoms with E-state index in [4.69, 9.17) is 11.6 Å². The number of phenols is 1. The van der Waals surface area contributed by atoms with E-state index in [9.17, 15) is 18.3 Å². The number of halogens is 4. The number of aromatic hydroxyl groups is 1. The van der Waals surface area contributed by atoms with Crippen LogP contribution in [0.1, 0.15) is 5.56 Å². The van der Waals surface area contributed by atoms with Gasteiger partial charge in [0.25, 0.3) is 0 Å². The summed E-state index contributed by atoms with van der Waals surface area (Å²) in [6, 6.07) is 2.68. The van der Waals surface area contributed by atoms with E-state index in [1.165, 1.54) is 12.1 Å². The third kappa shape index (κ3) is 3.83. The van der Waals surface area contributed by atoms with Crippen LogP contribution in [0.25, 0.3) is 0 Å². The zero-order chi connectivity index (χ0) is 11.6. The number of rotatable bonds is 2. The summed E-state index contributed by atoms with van der Waals surface area (Å²) >= 11 is 6.23. The molecule has 0 saturated carbocycles. The molecule has 1 aromatic carbocycles. The lowest BCUT2D eigenvalue weighted by atomic mass is 10.2. The summed E-state index contributed by atoms with van der Waals surface area (Å²) in [6.45, 7) is 1.64. The Labute approximate surface area is 94.2 Å². The van der Waals surface area contributed by atoms with E-state index in [1.54, 1.807) is 6.92 Å². The molecular weight excluding hydrogens is 249 g/mol. The lowest BCUT2D eigenvalue weighted by Gasteiger charge is -2.09. The summed E-state index contributed by atoms with van der Waals surface area (Å²) in [5.74, 6) is -1.18. The monoisotopic (exact) mass is 256 g/mol. The maximum atomic E-state index is 11.9. The first-order valence-corrected chi connectivity index (χ1v) is 5.34. The van der Waals surface area contributed by atoms with Gasteiger partial charge in [0.05, 0.1) is 10.8 Å². The Hall–Kier alpha value is -0.550. The third-order valence-electron chi connectivity index (χ3n) is 1.64. The Balaban J connectivity index is 2.82. The van der Waals surface area contributed by atoms with E-state index >= 15 is 0 Å². The third-order valence-corrected chi connectivity index (χ3v) is 3.16. The van der Waals surface area contributed by atoms with Crippen molar-refractivity contribution in [3.05, 3.63) is 22.7 Å². The second kappa shape index (κ2) is 4.53. The molecule has 15 heavy (non-hydrogen) atoms. The van der Waals surface area contributed by atoms with Crippen LogP contribution in [-0.2, 0) is 0 Å². The highest BCUT2D eigenvalue weighted by atomic mass is 35.5. The van der Waals surface area contributed by atoms with Crippen LogP contribution in [0.4, 0.5) is 13.2 Å². The Morgan fingerprint density at radius 3 is 2.53 bits per heavy atom. The molecule has 1 N–H and O–H groups in total. The summed E-state index contributed by atoms with van der Waals surface area (Å²) in [7, 11) is 0. The van der Waals surface area contributed by atoms with Crippen molar-refractivity contribution in [2.75, 3.05) is 5.75 Å². The molecular formula is C9H8ClF3OS. The lowest BCUT2D eigenvalue weighted by Crippen LogP contribution is -2.10. The van der Waals surface area contributed by atoms with Gasteiger partial charge in [0.1, 0.15) is 5.75 Å². The maximum Gasteiger partial charge on any atom is 0.398 e. The zero-order valence-electron chi connectivity index (χ0n) is 7.73. The molecule has 0 heterocycles. The first-order valence-electron chi connectivity index (χ1n) is 3.98. The molecule has 0 radical (unpaired) electrons.